The summed E-state index contributed by atoms with van der Waals surface area (Å²) in [6.07, 6.45) is 0. The fourth-order valence-electron chi connectivity index (χ4n) is 1.86. The van der Waals surface area contributed by atoms with Crippen LogP contribution in [0.25, 0.3) is 0 Å². The Hall–Kier alpha value is -0.640. The first-order valence-corrected chi connectivity index (χ1v) is 8.85. The highest BCUT2D eigenvalue weighted by Crippen LogP contribution is 2.34. The monoisotopic (exact) mass is 322 g/mol. The second-order valence-corrected chi connectivity index (χ2v) is 9.53. The zero-order valence-corrected chi connectivity index (χ0v) is 12.9. The fraction of sp³-hybridized carbons (Fsp3) is 0.600. The molecule has 2 heterocycles. The van der Waals surface area contributed by atoms with Gasteiger partial charge in [-0.05, 0) is 13.8 Å². The second kappa shape index (κ2) is 5.04. The first kappa shape index (κ1) is 14.8. The number of carboxylic acid groups (broad SMARTS) is 1. The third-order valence-corrected chi connectivity index (χ3v) is 7.19. The molecule has 1 aromatic rings. The summed E-state index contributed by atoms with van der Waals surface area (Å²) in [5.41, 5.74) is 0.862. The van der Waals surface area contributed by atoms with E-state index in [-0.39, 0.29) is 14.7 Å². The molecule has 0 radical (unpaired) electrons. The Kier molecular flexibility index (Phi) is 3.92. The quantitative estimate of drug-likeness (QED) is 0.904. The molecule has 0 atom stereocenters. The summed E-state index contributed by atoms with van der Waals surface area (Å²) in [4.78, 5) is 14.6. The van der Waals surface area contributed by atoms with Crippen LogP contribution in [0.1, 0.15) is 24.3 Å². The van der Waals surface area contributed by atoms with Crippen LogP contribution in [0.5, 0.6) is 0 Å². The molecule has 19 heavy (non-hydrogen) atoms. The van der Waals surface area contributed by atoms with Gasteiger partial charge in [0, 0.05) is 23.6 Å². The van der Waals surface area contributed by atoms with Crippen molar-refractivity contribution in [3.05, 3.63) is 11.2 Å². The molecule has 9 heteroatoms. The average Bonchev–Trinajstić information content (AvgIpc) is 2.77. The molecule has 0 spiro atoms. The summed E-state index contributed by atoms with van der Waals surface area (Å²) in [5, 5.41) is 8.98. The largest absolute Gasteiger partial charge is 0.476 e. The minimum absolute atomic E-state index is 0.167. The van der Waals surface area contributed by atoms with E-state index >= 15 is 0 Å². The van der Waals surface area contributed by atoms with Crippen LogP contribution in [0, 0.1) is 0 Å². The number of rotatable bonds is 3. The van der Waals surface area contributed by atoms with Crippen molar-refractivity contribution in [2.24, 2.45) is 0 Å². The minimum Gasteiger partial charge on any atom is -0.476 e. The molecule has 2 rings (SSSR count). The first-order chi connectivity index (χ1) is 8.74. The van der Waals surface area contributed by atoms with Gasteiger partial charge in [-0.2, -0.15) is 16.1 Å². The number of aromatic nitrogens is 1. The highest BCUT2D eigenvalue weighted by Gasteiger charge is 2.37. The number of sulfonamides is 1. The SMILES string of the molecule is CC1(C)CN(S(=O)(=O)c2scnc2C(=O)O)CCS1. The van der Waals surface area contributed by atoms with E-state index in [4.69, 9.17) is 5.11 Å². The Bertz CT molecular complexity index is 594. The van der Waals surface area contributed by atoms with Crippen molar-refractivity contribution in [2.75, 3.05) is 18.8 Å². The molecule has 1 fully saturated rings. The van der Waals surface area contributed by atoms with Gasteiger partial charge in [-0.1, -0.05) is 0 Å². The molecule has 0 unspecified atom stereocenters. The van der Waals surface area contributed by atoms with Gasteiger partial charge in [-0.3, -0.25) is 0 Å². The van der Waals surface area contributed by atoms with Gasteiger partial charge in [0.1, 0.15) is 0 Å². The number of nitrogens with zero attached hydrogens (tertiary/aromatic N) is 2. The predicted molar refractivity (Wildman–Crippen MR) is 74.4 cm³/mol. The summed E-state index contributed by atoms with van der Waals surface area (Å²) in [6, 6.07) is 0. The van der Waals surface area contributed by atoms with Crippen LogP contribution in [-0.4, -0.2) is 52.4 Å². The number of hydrogen-bond donors (Lipinski definition) is 1. The molecular weight excluding hydrogens is 308 g/mol. The van der Waals surface area contributed by atoms with E-state index in [1.54, 1.807) is 11.8 Å². The minimum atomic E-state index is -3.77. The number of thioether (sulfide) groups is 1. The highest BCUT2D eigenvalue weighted by molar-refractivity contribution is 8.00. The number of thiazole rings is 1. The molecule has 6 nitrogen and oxygen atoms in total. The lowest BCUT2D eigenvalue weighted by molar-refractivity contribution is 0.0687. The molecule has 0 saturated carbocycles. The van der Waals surface area contributed by atoms with E-state index in [0.29, 0.717) is 18.8 Å². The zero-order chi connectivity index (χ0) is 14.3. The first-order valence-electron chi connectivity index (χ1n) is 5.55. The van der Waals surface area contributed by atoms with Crippen molar-refractivity contribution >= 4 is 39.1 Å². The molecule has 0 amide bonds. The van der Waals surface area contributed by atoms with Gasteiger partial charge in [0.2, 0.25) is 0 Å². The van der Waals surface area contributed by atoms with E-state index in [0.717, 1.165) is 11.3 Å². The Morgan fingerprint density at radius 2 is 2.21 bits per heavy atom. The lowest BCUT2D eigenvalue weighted by Crippen LogP contribution is -2.46. The number of hydrogen-bond acceptors (Lipinski definition) is 6. The third kappa shape index (κ3) is 2.93. The second-order valence-electron chi connectivity index (χ2n) is 4.74. The maximum atomic E-state index is 12.5. The standard InChI is InChI=1S/C10H14N2O4S3/c1-10(2)5-12(3-4-18-10)19(15,16)9-7(8(13)14)11-6-17-9/h6H,3-5H2,1-2H3,(H,13,14). The van der Waals surface area contributed by atoms with Gasteiger partial charge in [0.15, 0.2) is 9.90 Å². The van der Waals surface area contributed by atoms with Gasteiger partial charge in [0.25, 0.3) is 10.0 Å². The van der Waals surface area contributed by atoms with Crippen LogP contribution in [0.2, 0.25) is 0 Å². The maximum absolute atomic E-state index is 12.5. The van der Waals surface area contributed by atoms with Gasteiger partial charge in [-0.15, -0.1) is 11.3 Å². The Morgan fingerprint density at radius 3 is 2.79 bits per heavy atom. The molecule has 1 aromatic heterocycles. The summed E-state index contributed by atoms with van der Waals surface area (Å²) < 4.78 is 26.0. The van der Waals surface area contributed by atoms with Crippen molar-refractivity contribution in [1.29, 1.82) is 0 Å². The van der Waals surface area contributed by atoms with Crippen LogP contribution in [0.4, 0.5) is 0 Å². The number of carbonyl (C=O) groups is 1. The zero-order valence-electron chi connectivity index (χ0n) is 10.5. The van der Waals surface area contributed by atoms with Gasteiger partial charge >= 0.3 is 5.97 Å². The summed E-state index contributed by atoms with van der Waals surface area (Å²) in [6.45, 7) is 4.72. The van der Waals surface area contributed by atoms with Crippen LogP contribution in [-0.2, 0) is 10.0 Å². The van der Waals surface area contributed by atoms with Gasteiger partial charge in [-0.25, -0.2) is 18.2 Å². The van der Waals surface area contributed by atoms with E-state index in [1.807, 2.05) is 13.8 Å². The van der Waals surface area contributed by atoms with Crippen molar-refractivity contribution in [1.82, 2.24) is 9.29 Å². The molecule has 1 aliphatic heterocycles. The molecular formula is C10H14N2O4S3. The van der Waals surface area contributed by atoms with Crippen molar-refractivity contribution < 1.29 is 18.3 Å². The summed E-state index contributed by atoms with van der Waals surface area (Å²) >= 11 is 2.56. The molecule has 1 N–H and O–H groups in total. The Labute approximate surface area is 119 Å². The van der Waals surface area contributed by atoms with Crippen molar-refractivity contribution in [2.45, 2.75) is 22.8 Å². The molecule has 0 bridgehead atoms. The number of carboxylic acids is 1. The molecule has 106 valence electrons. The highest BCUT2D eigenvalue weighted by atomic mass is 32.2. The van der Waals surface area contributed by atoms with Crippen LogP contribution in [0.15, 0.2) is 9.72 Å². The van der Waals surface area contributed by atoms with E-state index in [9.17, 15) is 13.2 Å². The van der Waals surface area contributed by atoms with E-state index in [2.05, 4.69) is 4.98 Å². The summed E-state index contributed by atoms with van der Waals surface area (Å²) in [5.74, 6) is -0.613. The fourth-order valence-corrected chi connectivity index (χ4v) is 6.05. The van der Waals surface area contributed by atoms with Crippen molar-refractivity contribution in [3.63, 3.8) is 0 Å². The van der Waals surface area contributed by atoms with Gasteiger partial charge < -0.3 is 5.11 Å². The Morgan fingerprint density at radius 1 is 1.53 bits per heavy atom. The molecule has 0 aliphatic carbocycles. The molecule has 1 saturated heterocycles. The predicted octanol–water partition coefficient (Wildman–Crippen LogP) is 1.36. The molecule has 1 aliphatic rings. The van der Waals surface area contributed by atoms with Crippen LogP contribution in [0.3, 0.4) is 0 Å². The van der Waals surface area contributed by atoms with Crippen LogP contribution < -0.4 is 0 Å². The van der Waals surface area contributed by atoms with Gasteiger partial charge in [0.05, 0.1) is 5.51 Å². The third-order valence-electron chi connectivity index (χ3n) is 2.70. The lowest BCUT2D eigenvalue weighted by Gasteiger charge is -2.36. The van der Waals surface area contributed by atoms with Crippen molar-refractivity contribution in [3.8, 4) is 0 Å². The molecule has 0 aromatic carbocycles. The lowest BCUT2D eigenvalue weighted by atomic mass is 10.2. The Balaban J connectivity index is 2.37. The topological polar surface area (TPSA) is 87.6 Å². The van der Waals surface area contributed by atoms with E-state index < -0.39 is 16.0 Å². The average molecular weight is 322 g/mol. The van der Waals surface area contributed by atoms with Crippen LogP contribution >= 0.6 is 23.1 Å². The van der Waals surface area contributed by atoms with E-state index in [1.165, 1.54) is 9.82 Å². The summed E-state index contributed by atoms with van der Waals surface area (Å²) in [7, 11) is -3.77. The maximum Gasteiger partial charge on any atom is 0.356 e. The number of aromatic carboxylic acids is 1. The smallest absolute Gasteiger partial charge is 0.356 e. The normalized spacial score (nSPS) is 20.3.